The Bertz CT molecular complexity index is 314. The van der Waals surface area contributed by atoms with E-state index in [1.807, 2.05) is 12.1 Å². The molecule has 1 fully saturated rings. The highest BCUT2D eigenvalue weighted by molar-refractivity contribution is 6.30. The molecule has 0 aromatic heterocycles. The molecule has 1 aromatic carbocycles. The average Bonchev–Trinajstić information content (AvgIpc) is 2.80. The topological polar surface area (TPSA) is 12.0 Å². The van der Waals surface area contributed by atoms with Gasteiger partial charge in [-0.2, -0.15) is 0 Å². The van der Waals surface area contributed by atoms with Crippen LogP contribution in [0.4, 0.5) is 0 Å². The lowest BCUT2D eigenvalue weighted by molar-refractivity contribution is 0.430. The molecule has 1 aromatic rings. The van der Waals surface area contributed by atoms with Gasteiger partial charge in [0.15, 0.2) is 0 Å². The van der Waals surface area contributed by atoms with Crippen LogP contribution >= 0.6 is 11.6 Å². The predicted octanol–water partition coefficient (Wildman–Crippen LogP) is 4.32. The van der Waals surface area contributed by atoms with Gasteiger partial charge in [0.2, 0.25) is 0 Å². The van der Waals surface area contributed by atoms with E-state index < -0.39 is 0 Å². The summed E-state index contributed by atoms with van der Waals surface area (Å²) in [4.78, 5) is 0. The van der Waals surface area contributed by atoms with E-state index in [2.05, 4.69) is 24.4 Å². The fourth-order valence-corrected chi connectivity index (χ4v) is 2.65. The van der Waals surface area contributed by atoms with Gasteiger partial charge >= 0.3 is 0 Å². The van der Waals surface area contributed by atoms with E-state index in [4.69, 9.17) is 11.6 Å². The summed E-state index contributed by atoms with van der Waals surface area (Å²) in [7, 11) is 0. The molecule has 1 unspecified atom stereocenters. The SMILES string of the molecule is CCC(NC1CCCC1)c1ccc(Cl)cc1. The van der Waals surface area contributed by atoms with Crippen LogP contribution in [-0.2, 0) is 0 Å². The summed E-state index contributed by atoms with van der Waals surface area (Å²) in [6.45, 7) is 2.24. The summed E-state index contributed by atoms with van der Waals surface area (Å²) in [6, 6.07) is 9.45. The molecule has 1 aliphatic rings. The van der Waals surface area contributed by atoms with Crippen LogP contribution in [0.15, 0.2) is 24.3 Å². The molecule has 0 spiro atoms. The molecule has 1 N–H and O–H groups in total. The molecule has 88 valence electrons. The molecular formula is C14H20ClN. The summed E-state index contributed by atoms with van der Waals surface area (Å²) in [6.07, 6.45) is 6.58. The Labute approximate surface area is 103 Å². The monoisotopic (exact) mass is 237 g/mol. The summed E-state index contributed by atoms with van der Waals surface area (Å²) in [5.41, 5.74) is 1.36. The van der Waals surface area contributed by atoms with E-state index in [9.17, 15) is 0 Å². The van der Waals surface area contributed by atoms with Crippen molar-refractivity contribution >= 4 is 11.6 Å². The largest absolute Gasteiger partial charge is 0.307 e. The van der Waals surface area contributed by atoms with Crippen LogP contribution in [0, 0.1) is 0 Å². The van der Waals surface area contributed by atoms with Gasteiger partial charge in [-0.3, -0.25) is 0 Å². The highest BCUT2D eigenvalue weighted by Gasteiger charge is 2.18. The van der Waals surface area contributed by atoms with Gasteiger partial charge in [-0.05, 0) is 37.0 Å². The van der Waals surface area contributed by atoms with E-state index >= 15 is 0 Å². The quantitative estimate of drug-likeness (QED) is 0.822. The van der Waals surface area contributed by atoms with E-state index in [-0.39, 0.29) is 0 Å². The van der Waals surface area contributed by atoms with Crippen molar-refractivity contribution in [2.75, 3.05) is 0 Å². The lowest BCUT2D eigenvalue weighted by atomic mass is 10.0. The van der Waals surface area contributed by atoms with Gasteiger partial charge in [-0.25, -0.2) is 0 Å². The zero-order valence-corrected chi connectivity index (χ0v) is 10.6. The van der Waals surface area contributed by atoms with Crippen LogP contribution in [0.1, 0.15) is 50.6 Å². The molecule has 0 heterocycles. The van der Waals surface area contributed by atoms with Crippen LogP contribution in [0.5, 0.6) is 0 Å². The lowest BCUT2D eigenvalue weighted by Crippen LogP contribution is -2.30. The maximum atomic E-state index is 5.91. The summed E-state index contributed by atoms with van der Waals surface area (Å²) in [5, 5.41) is 4.58. The maximum Gasteiger partial charge on any atom is 0.0406 e. The molecule has 0 aliphatic heterocycles. The average molecular weight is 238 g/mol. The minimum absolute atomic E-state index is 0.486. The van der Waals surface area contributed by atoms with E-state index in [1.165, 1.54) is 31.2 Å². The second kappa shape index (κ2) is 5.70. The van der Waals surface area contributed by atoms with E-state index in [0.717, 1.165) is 17.5 Å². The van der Waals surface area contributed by atoms with E-state index in [0.29, 0.717) is 6.04 Å². The van der Waals surface area contributed by atoms with Crippen molar-refractivity contribution in [3.05, 3.63) is 34.9 Å². The Morgan fingerprint density at radius 2 is 1.88 bits per heavy atom. The predicted molar refractivity (Wildman–Crippen MR) is 69.9 cm³/mol. The normalized spacial score (nSPS) is 18.9. The molecule has 16 heavy (non-hydrogen) atoms. The molecule has 1 nitrogen and oxygen atoms in total. The second-order valence-electron chi connectivity index (χ2n) is 4.66. The first-order valence-corrected chi connectivity index (χ1v) is 6.69. The van der Waals surface area contributed by atoms with Crippen molar-refractivity contribution in [2.24, 2.45) is 0 Å². The third kappa shape index (κ3) is 2.99. The van der Waals surface area contributed by atoms with Gasteiger partial charge < -0.3 is 5.32 Å². The summed E-state index contributed by atoms with van der Waals surface area (Å²) >= 11 is 5.91. The summed E-state index contributed by atoms with van der Waals surface area (Å²) < 4.78 is 0. The van der Waals surface area contributed by atoms with Crippen molar-refractivity contribution in [3.63, 3.8) is 0 Å². The molecule has 2 heteroatoms. The molecule has 1 atom stereocenters. The van der Waals surface area contributed by atoms with Crippen molar-refractivity contribution < 1.29 is 0 Å². The van der Waals surface area contributed by atoms with Gasteiger partial charge in [0.1, 0.15) is 0 Å². The second-order valence-corrected chi connectivity index (χ2v) is 5.10. The highest BCUT2D eigenvalue weighted by Crippen LogP contribution is 2.24. The van der Waals surface area contributed by atoms with Gasteiger partial charge in [0, 0.05) is 17.1 Å². The fraction of sp³-hybridized carbons (Fsp3) is 0.571. The Morgan fingerprint density at radius 3 is 2.44 bits per heavy atom. The fourth-order valence-electron chi connectivity index (χ4n) is 2.52. The zero-order chi connectivity index (χ0) is 11.4. The molecule has 1 aliphatic carbocycles. The molecule has 0 radical (unpaired) electrons. The van der Waals surface area contributed by atoms with Crippen LogP contribution < -0.4 is 5.32 Å². The standard InChI is InChI=1S/C14H20ClN/c1-2-14(16-13-5-3-4-6-13)11-7-9-12(15)10-8-11/h7-10,13-14,16H,2-6H2,1H3. The zero-order valence-electron chi connectivity index (χ0n) is 9.88. The smallest absolute Gasteiger partial charge is 0.0406 e. The van der Waals surface area contributed by atoms with Crippen LogP contribution in [0.25, 0.3) is 0 Å². The molecule has 0 bridgehead atoms. The van der Waals surface area contributed by atoms with Crippen molar-refractivity contribution in [3.8, 4) is 0 Å². The Morgan fingerprint density at radius 1 is 1.25 bits per heavy atom. The highest BCUT2D eigenvalue weighted by atomic mass is 35.5. The first-order chi connectivity index (χ1) is 7.79. The molecule has 2 rings (SSSR count). The molecule has 0 saturated heterocycles. The van der Waals surface area contributed by atoms with Crippen LogP contribution in [0.3, 0.4) is 0 Å². The van der Waals surface area contributed by atoms with Gasteiger partial charge in [0.25, 0.3) is 0 Å². The number of halogens is 1. The minimum atomic E-state index is 0.486. The Hall–Kier alpha value is -0.530. The van der Waals surface area contributed by atoms with Crippen LogP contribution in [0.2, 0.25) is 5.02 Å². The third-order valence-electron chi connectivity index (χ3n) is 3.47. The number of hydrogen-bond donors (Lipinski definition) is 1. The lowest BCUT2D eigenvalue weighted by Gasteiger charge is -2.22. The minimum Gasteiger partial charge on any atom is -0.307 e. The van der Waals surface area contributed by atoms with Crippen molar-refractivity contribution in [2.45, 2.75) is 51.1 Å². The van der Waals surface area contributed by atoms with Gasteiger partial charge in [0.05, 0.1) is 0 Å². The Kier molecular flexibility index (Phi) is 4.25. The number of rotatable bonds is 4. The van der Waals surface area contributed by atoms with Gasteiger partial charge in [-0.1, -0.05) is 43.5 Å². The van der Waals surface area contributed by atoms with E-state index in [1.54, 1.807) is 0 Å². The van der Waals surface area contributed by atoms with Crippen molar-refractivity contribution in [1.82, 2.24) is 5.32 Å². The molecule has 0 amide bonds. The number of benzene rings is 1. The first kappa shape index (κ1) is 11.9. The summed E-state index contributed by atoms with van der Waals surface area (Å²) in [5.74, 6) is 0. The van der Waals surface area contributed by atoms with Gasteiger partial charge in [-0.15, -0.1) is 0 Å². The molecule has 1 saturated carbocycles. The first-order valence-electron chi connectivity index (χ1n) is 6.31. The molecular weight excluding hydrogens is 218 g/mol. The Balaban J connectivity index is 2.00. The number of nitrogens with one attached hydrogen (secondary N) is 1. The third-order valence-corrected chi connectivity index (χ3v) is 3.72. The number of hydrogen-bond acceptors (Lipinski definition) is 1. The van der Waals surface area contributed by atoms with Crippen LogP contribution in [-0.4, -0.2) is 6.04 Å². The maximum absolute atomic E-state index is 5.91. The van der Waals surface area contributed by atoms with Crippen molar-refractivity contribution in [1.29, 1.82) is 0 Å².